The second-order valence-electron chi connectivity index (χ2n) is 13.6. The largest absolute Gasteiger partial charge is 0.272 e. The number of hydrazine groups is 1. The van der Waals surface area contributed by atoms with Crippen LogP contribution in [0.15, 0.2) is 158 Å². The minimum absolute atomic E-state index is 0.0693. The van der Waals surface area contributed by atoms with Gasteiger partial charge in [-0.05, 0) is 88.5 Å². The molecule has 0 radical (unpaired) electrons. The summed E-state index contributed by atoms with van der Waals surface area (Å²) in [5, 5.41) is 24.6. The molecule has 1 fully saturated rings. The van der Waals surface area contributed by atoms with E-state index in [0.717, 1.165) is 48.5 Å². The third-order valence-corrected chi connectivity index (χ3v) is 10.3. The molecule has 0 atom stereocenters. The normalized spacial score (nSPS) is 14.4. The molecule has 0 bridgehead atoms. The Balaban J connectivity index is 1.54. The molecule has 6 aromatic rings. The Morgan fingerprint density at radius 3 is 1.16 bits per heavy atom. The van der Waals surface area contributed by atoms with Gasteiger partial charge < -0.3 is 0 Å². The highest BCUT2D eigenvalue weighted by molar-refractivity contribution is 6.18. The highest BCUT2D eigenvalue weighted by Crippen LogP contribution is 2.55. The monoisotopic (exact) mass is 762 g/mol. The number of amides is 2. The van der Waals surface area contributed by atoms with Crippen molar-refractivity contribution in [2.45, 2.75) is 30.6 Å². The minimum atomic E-state index is -2.42. The fourth-order valence-corrected chi connectivity index (χ4v) is 7.57. The summed E-state index contributed by atoms with van der Waals surface area (Å²) in [4.78, 5) is 42.2. The minimum Gasteiger partial charge on any atom is -0.272 e. The molecule has 1 aliphatic heterocycles. The van der Waals surface area contributed by atoms with Crippen molar-refractivity contribution in [2.75, 3.05) is 5.01 Å². The summed E-state index contributed by atoms with van der Waals surface area (Å²) in [6.45, 7) is -0.137. The second-order valence-corrected chi connectivity index (χ2v) is 13.6. The van der Waals surface area contributed by atoms with Crippen LogP contribution in [0.1, 0.15) is 40.7 Å². The molecule has 6 aromatic carbocycles. The van der Waals surface area contributed by atoms with E-state index in [-0.39, 0.29) is 34.5 Å². The summed E-state index contributed by atoms with van der Waals surface area (Å²) in [6.07, 6.45) is -1.51. The van der Waals surface area contributed by atoms with Crippen molar-refractivity contribution in [1.82, 2.24) is 5.01 Å². The maximum Gasteiger partial charge on any atom is 0.261 e. The summed E-state index contributed by atoms with van der Waals surface area (Å²) in [5.74, 6) is -4.29. The first-order valence-electron chi connectivity index (χ1n) is 17.5. The molecule has 0 aromatic heterocycles. The van der Waals surface area contributed by atoms with E-state index < -0.39 is 64.5 Å². The quantitative estimate of drug-likeness (QED) is 0.0527. The van der Waals surface area contributed by atoms with Crippen molar-refractivity contribution in [3.05, 3.63) is 209 Å². The third-order valence-electron chi connectivity index (χ3n) is 10.3. The van der Waals surface area contributed by atoms with Gasteiger partial charge in [-0.15, -0.1) is 0 Å². The Labute approximate surface area is 319 Å². The molecule has 2 N–H and O–H groups in total. The van der Waals surface area contributed by atoms with Crippen molar-refractivity contribution in [1.29, 1.82) is 0 Å². The molecule has 284 valence electrons. The molecule has 12 heteroatoms. The van der Waals surface area contributed by atoms with Gasteiger partial charge >= 0.3 is 0 Å². The van der Waals surface area contributed by atoms with Gasteiger partial charge in [0.1, 0.15) is 28.7 Å². The Morgan fingerprint density at radius 2 is 0.821 bits per heavy atom. The number of rotatable bonds is 13. The second kappa shape index (κ2) is 15.5. The van der Waals surface area contributed by atoms with Crippen LogP contribution in [-0.4, -0.2) is 27.3 Å². The van der Waals surface area contributed by atoms with E-state index in [4.69, 9.17) is 9.78 Å². The molecule has 0 saturated carbocycles. The van der Waals surface area contributed by atoms with Gasteiger partial charge in [0.05, 0.1) is 12.2 Å². The predicted molar refractivity (Wildman–Crippen MR) is 197 cm³/mol. The lowest BCUT2D eigenvalue weighted by molar-refractivity contribution is -0.332. The lowest BCUT2D eigenvalue weighted by Crippen LogP contribution is -2.50. The number of para-hydroxylation sites is 1. The zero-order valence-corrected chi connectivity index (χ0v) is 29.6. The third kappa shape index (κ3) is 6.84. The highest BCUT2D eigenvalue weighted by atomic mass is 19.1. The average Bonchev–Trinajstić information content (AvgIpc) is 3.41. The molecular weight excluding hydrogens is 728 g/mol. The van der Waals surface area contributed by atoms with Crippen LogP contribution in [0.5, 0.6) is 0 Å². The molecule has 8 nitrogen and oxygen atoms in total. The molecule has 2 amide bonds. The van der Waals surface area contributed by atoms with Gasteiger partial charge in [-0.25, -0.2) is 37.4 Å². The number of nitrogens with zero attached hydrogens (tertiary/aromatic N) is 2. The van der Waals surface area contributed by atoms with E-state index in [0.29, 0.717) is 5.56 Å². The zero-order chi connectivity index (χ0) is 39.5. The van der Waals surface area contributed by atoms with E-state index >= 15 is 9.59 Å². The number of hydrogen-bond donors (Lipinski definition) is 2. The van der Waals surface area contributed by atoms with E-state index in [1.54, 1.807) is 60.7 Å². The van der Waals surface area contributed by atoms with Gasteiger partial charge in [-0.3, -0.25) is 20.1 Å². The maximum absolute atomic E-state index is 15.7. The van der Waals surface area contributed by atoms with E-state index in [2.05, 4.69) is 0 Å². The van der Waals surface area contributed by atoms with Crippen molar-refractivity contribution in [3.63, 3.8) is 0 Å². The van der Waals surface area contributed by atoms with E-state index in [9.17, 15) is 28.1 Å². The zero-order valence-electron chi connectivity index (χ0n) is 29.6. The first-order chi connectivity index (χ1) is 27.0. The summed E-state index contributed by atoms with van der Waals surface area (Å²) >= 11 is 0. The van der Waals surface area contributed by atoms with Gasteiger partial charge in [0.25, 0.3) is 11.8 Å². The fourth-order valence-electron chi connectivity index (χ4n) is 7.57. The average molecular weight is 763 g/mol. The van der Waals surface area contributed by atoms with Gasteiger partial charge in [0.15, 0.2) is 11.2 Å². The summed E-state index contributed by atoms with van der Waals surface area (Å²) in [5.41, 5.74) is -5.63. The van der Waals surface area contributed by atoms with Crippen molar-refractivity contribution >= 4 is 17.5 Å². The maximum atomic E-state index is 15.7. The van der Waals surface area contributed by atoms with Gasteiger partial charge in [0.2, 0.25) is 0 Å². The molecule has 0 spiro atoms. The van der Waals surface area contributed by atoms with Crippen LogP contribution in [0.25, 0.3) is 0 Å². The van der Waals surface area contributed by atoms with E-state index in [1.165, 1.54) is 58.5 Å². The van der Waals surface area contributed by atoms with Crippen LogP contribution >= 0.6 is 0 Å². The molecule has 1 saturated heterocycles. The number of halogens is 4. The van der Waals surface area contributed by atoms with E-state index in [1.807, 2.05) is 0 Å². The van der Waals surface area contributed by atoms with Crippen LogP contribution < -0.4 is 5.01 Å². The van der Waals surface area contributed by atoms with Crippen LogP contribution in [0, 0.1) is 28.7 Å². The van der Waals surface area contributed by atoms with Crippen molar-refractivity contribution in [3.8, 4) is 0 Å². The predicted octanol–water partition coefficient (Wildman–Crippen LogP) is 9.17. The van der Waals surface area contributed by atoms with Crippen LogP contribution in [-0.2, 0) is 37.1 Å². The number of hydrogen-bond acceptors (Lipinski definition) is 6. The molecule has 0 unspecified atom stereocenters. The Morgan fingerprint density at radius 1 is 0.482 bits per heavy atom. The van der Waals surface area contributed by atoms with Crippen LogP contribution in [0.3, 0.4) is 0 Å². The SMILES string of the molecule is O=C1N(Cc2ccccc2)N(c2ccccc2)C(=O)C1(CC(OO)(c1ccc(F)cc1)c1ccc(F)cc1)CC(OO)(c1ccc(F)cc1)c1ccc(F)cc1. The van der Waals surface area contributed by atoms with Crippen LogP contribution in [0.2, 0.25) is 0 Å². The first kappa shape index (κ1) is 38.1. The van der Waals surface area contributed by atoms with Gasteiger partial charge in [0, 0.05) is 12.8 Å². The lowest BCUT2D eigenvalue weighted by atomic mass is 9.64. The number of carbonyl (C=O) groups excluding carboxylic acids is 2. The molecular formula is C44H34F4N2O6. The Bertz CT molecular complexity index is 2100. The lowest BCUT2D eigenvalue weighted by Gasteiger charge is -2.42. The number of benzene rings is 6. The molecule has 1 heterocycles. The van der Waals surface area contributed by atoms with Crippen molar-refractivity contribution in [2.24, 2.45) is 5.41 Å². The summed E-state index contributed by atoms with van der Waals surface area (Å²) < 4.78 is 57.9. The van der Waals surface area contributed by atoms with Gasteiger partial charge in [-0.2, -0.15) is 0 Å². The first-order valence-corrected chi connectivity index (χ1v) is 17.5. The molecule has 7 rings (SSSR count). The molecule has 1 aliphatic rings. The standard InChI is InChI=1S/C44H34F4N2O6/c45-35-19-11-31(12-20-35)43(55-53,32-13-21-36(46)22-14-32)28-42(29-44(56-54,33-15-23-37(47)24-16-33)34-17-25-38(48)26-18-34)40(51)49(27-30-7-3-1-4-8-30)50(41(42)52)39-9-5-2-6-10-39/h1-26,53-54H,27-29H2. The topological polar surface area (TPSA) is 99.5 Å². The molecule has 56 heavy (non-hydrogen) atoms. The Kier molecular flexibility index (Phi) is 10.6. The fraction of sp³-hybridized carbons (Fsp3) is 0.136. The smallest absolute Gasteiger partial charge is 0.261 e. The van der Waals surface area contributed by atoms with Gasteiger partial charge in [-0.1, -0.05) is 97.1 Å². The summed E-state index contributed by atoms with van der Waals surface area (Å²) in [7, 11) is 0. The number of anilines is 1. The summed E-state index contributed by atoms with van der Waals surface area (Å²) in [6, 6.07) is 36.2. The Hall–Kier alpha value is -6.18. The molecule has 0 aliphatic carbocycles. The van der Waals surface area contributed by atoms with Crippen LogP contribution in [0.4, 0.5) is 23.2 Å². The number of carbonyl (C=O) groups is 2. The van der Waals surface area contributed by atoms with Crippen molar-refractivity contribution < 1.29 is 47.4 Å². The highest BCUT2D eigenvalue weighted by Gasteiger charge is 2.66.